The van der Waals surface area contributed by atoms with Crippen LogP contribution in [0.5, 0.6) is 0 Å². The molecule has 0 bridgehead atoms. The lowest BCUT2D eigenvalue weighted by Crippen LogP contribution is -3.00. The third-order valence-electron chi connectivity index (χ3n) is 1.86. The van der Waals surface area contributed by atoms with Crippen LogP contribution in [0.4, 0.5) is 0 Å². The monoisotopic (exact) mass is 347 g/mol. The molecule has 0 saturated heterocycles. The van der Waals surface area contributed by atoms with Gasteiger partial charge in [-0.3, -0.25) is 0 Å². The molecule has 0 aliphatic heterocycles. The molecule has 1 nitrogen and oxygen atoms in total. The fourth-order valence-electron chi connectivity index (χ4n) is 1.26. The molecule has 0 aliphatic rings. The molecule has 0 radical (unpaired) electrons. The molecular weight excluding hydrogens is 341 g/mol. The topological polar surface area (TPSA) is 3.88 Å². The van der Waals surface area contributed by atoms with Crippen LogP contribution in [0.1, 0.15) is 0 Å². The van der Waals surface area contributed by atoms with Crippen LogP contribution in [0, 0.1) is 0 Å². The summed E-state index contributed by atoms with van der Waals surface area (Å²) in [5.74, 6) is 0. The molecule has 0 N–H and O–H groups in total. The molecule has 1 aromatic carbocycles. The van der Waals surface area contributed by atoms with E-state index in [-0.39, 0.29) is 12.4 Å². The van der Waals surface area contributed by atoms with Crippen LogP contribution in [0.25, 0.3) is 5.69 Å². The Balaban J connectivity index is 0.00000112. The van der Waals surface area contributed by atoms with E-state index in [1.807, 2.05) is 36.7 Å². The van der Waals surface area contributed by atoms with Crippen molar-refractivity contribution in [3.8, 4) is 5.69 Å². The summed E-state index contributed by atoms with van der Waals surface area (Å²) in [4.78, 5) is 0. The minimum absolute atomic E-state index is 0. The van der Waals surface area contributed by atoms with E-state index in [2.05, 4.69) is 48.6 Å². The average Bonchev–Trinajstić information content (AvgIpc) is 2.18. The summed E-state index contributed by atoms with van der Waals surface area (Å²) in [6, 6.07) is 12.2. The zero-order chi connectivity index (χ0) is 9.97. The molecule has 15 heavy (non-hydrogen) atoms. The third kappa shape index (κ3) is 3.30. The summed E-state index contributed by atoms with van der Waals surface area (Å²) < 4.78 is 4.20. The van der Waals surface area contributed by atoms with Gasteiger partial charge in [0, 0.05) is 33.2 Å². The van der Waals surface area contributed by atoms with Gasteiger partial charge in [0.05, 0.1) is 0 Å². The predicted molar refractivity (Wildman–Crippen MR) is 63.4 cm³/mol. The number of benzene rings is 1. The fraction of sp³-hybridized carbons (Fsp3) is 0. The van der Waals surface area contributed by atoms with Crippen molar-refractivity contribution in [2.75, 3.05) is 0 Å². The minimum atomic E-state index is 0. The van der Waals surface area contributed by atoms with Crippen LogP contribution in [-0.4, -0.2) is 0 Å². The molecule has 4 heteroatoms. The highest BCUT2D eigenvalue weighted by Gasteiger charge is 2.05. The molecule has 0 spiro atoms. The van der Waals surface area contributed by atoms with Gasteiger partial charge in [0.2, 0.25) is 5.69 Å². The molecule has 1 heterocycles. The van der Waals surface area contributed by atoms with E-state index < -0.39 is 0 Å². The summed E-state index contributed by atoms with van der Waals surface area (Å²) in [6.45, 7) is 0. The predicted octanol–water partition coefficient (Wildman–Crippen LogP) is 0.492. The Bertz CT molecular complexity index is 425. The number of pyridine rings is 1. The maximum absolute atomic E-state index is 3.47. The highest BCUT2D eigenvalue weighted by Crippen LogP contribution is 2.19. The van der Waals surface area contributed by atoms with E-state index >= 15 is 0 Å². The Kier molecular flexibility index (Phi) is 4.77. The second-order valence-corrected chi connectivity index (χ2v) is 4.74. The average molecular weight is 349 g/mol. The van der Waals surface area contributed by atoms with Crippen LogP contribution >= 0.6 is 31.9 Å². The number of aromatic nitrogens is 1. The van der Waals surface area contributed by atoms with E-state index in [4.69, 9.17) is 0 Å². The lowest BCUT2D eigenvalue weighted by atomic mass is 10.3. The van der Waals surface area contributed by atoms with Crippen molar-refractivity contribution in [2.45, 2.75) is 0 Å². The molecule has 2 rings (SSSR count). The van der Waals surface area contributed by atoms with Gasteiger partial charge in [-0.1, -0.05) is 37.9 Å². The number of nitrogens with zero attached hydrogens (tertiary/aromatic N) is 1. The Morgan fingerprint density at radius 1 is 0.800 bits per heavy atom. The Morgan fingerprint density at radius 2 is 1.33 bits per heavy atom. The lowest BCUT2D eigenvalue weighted by Gasteiger charge is -1.97. The molecule has 0 unspecified atom stereocenters. The normalized spacial score (nSPS) is 9.47. The smallest absolute Gasteiger partial charge is 0.212 e. The largest absolute Gasteiger partial charge is 1.00 e. The van der Waals surface area contributed by atoms with Crippen LogP contribution in [0.15, 0.2) is 57.7 Å². The number of hydrogen-bond donors (Lipinski definition) is 0. The third-order valence-corrected chi connectivity index (χ3v) is 2.78. The van der Waals surface area contributed by atoms with Crippen LogP contribution in [0.2, 0.25) is 0 Å². The van der Waals surface area contributed by atoms with Gasteiger partial charge in [-0.25, -0.2) is 0 Å². The van der Waals surface area contributed by atoms with E-state index in [0.29, 0.717) is 0 Å². The van der Waals surface area contributed by atoms with E-state index in [1.54, 1.807) is 0 Å². The standard InChI is InChI=1S/C11H8Br2N.ClH/c12-9-6-10(13)8-11(7-9)14-4-2-1-3-5-14;/h1-8H;1H/q+1;/p-1. The Labute approximate surface area is 112 Å². The van der Waals surface area contributed by atoms with Gasteiger partial charge in [-0.15, -0.1) is 0 Å². The molecular formula is C11H8Br2ClN. The van der Waals surface area contributed by atoms with Crippen molar-refractivity contribution in [2.24, 2.45) is 0 Å². The quantitative estimate of drug-likeness (QED) is 0.660. The molecule has 0 saturated carbocycles. The SMILES string of the molecule is Brc1cc(Br)cc(-[n+]2ccccc2)c1.[Cl-]. The van der Waals surface area contributed by atoms with Crippen molar-refractivity contribution in [3.63, 3.8) is 0 Å². The molecule has 0 atom stereocenters. The van der Waals surface area contributed by atoms with Gasteiger partial charge in [0.15, 0.2) is 12.4 Å². The van der Waals surface area contributed by atoms with Crippen molar-refractivity contribution in [1.29, 1.82) is 0 Å². The van der Waals surface area contributed by atoms with Crippen molar-refractivity contribution in [3.05, 3.63) is 57.7 Å². The second-order valence-electron chi connectivity index (χ2n) is 2.91. The minimum Gasteiger partial charge on any atom is -1.00 e. The highest BCUT2D eigenvalue weighted by molar-refractivity contribution is 9.11. The summed E-state index contributed by atoms with van der Waals surface area (Å²) in [7, 11) is 0. The van der Waals surface area contributed by atoms with E-state index in [0.717, 1.165) is 14.6 Å². The number of halogens is 3. The summed E-state index contributed by atoms with van der Waals surface area (Å²) in [5.41, 5.74) is 1.13. The van der Waals surface area contributed by atoms with Gasteiger partial charge in [0.1, 0.15) is 0 Å². The van der Waals surface area contributed by atoms with E-state index in [9.17, 15) is 0 Å². The first kappa shape index (κ1) is 12.7. The Morgan fingerprint density at radius 3 is 1.87 bits per heavy atom. The van der Waals surface area contributed by atoms with Crippen LogP contribution in [0.3, 0.4) is 0 Å². The van der Waals surface area contributed by atoms with Gasteiger partial charge in [-0.05, 0) is 6.07 Å². The first-order valence-electron chi connectivity index (χ1n) is 4.18. The summed E-state index contributed by atoms with van der Waals surface area (Å²) >= 11 is 6.93. The zero-order valence-corrected chi connectivity index (χ0v) is 11.6. The second kappa shape index (κ2) is 5.64. The number of hydrogen-bond acceptors (Lipinski definition) is 0. The first-order chi connectivity index (χ1) is 6.75. The summed E-state index contributed by atoms with van der Waals surface area (Å²) in [6.07, 6.45) is 4.04. The maximum atomic E-state index is 3.47. The zero-order valence-electron chi connectivity index (χ0n) is 7.70. The number of rotatable bonds is 1. The maximum Gasteiger partial charge on any atom is 0.212 e. The Hall–Kier alpha value is -0.380. The van der Waals surface area contributed by atoms with Gasteiger partial charge in [0.25, 0.3) is 0 Å². The van der Waals surface area contributed by atoms with Crippen LogP contribution < -0.4 is 17.0 Å². The lowest BCUT2D eigenvalue weighted by molar-refractivity contribution is -0.595. The summed E-state index contributed by atoms with van der Waals surface area (Å²) in [5, 5.41) is 0. The van der Waals surface area contributed by atoms with E-state index in [1.165, 1.54) is 0 Å². The molecule has 1 aromatic heterocycles. The van der Waals surface area contributed by atoms with Gasteiger partial charge >= 0.3 is 0 Å². The molecule has 0 fully saturated rings. The molecule has 2 aromatic rings. The molecule has 78 valence electrons. The van der Waals surface area contributed by atoms with Crippen molar-refractivity contribution >= 4 is 31.9 Å². The van der Waals surface area contributed by atoms with Crippen LogP contribution in [-0.2, 0) is 0 Å². The van der Waals surface area contributed by atoms with Crippen molar-refractivity contribution < 1.29 is 17.0 Å². The first-order valence-corrected chi connectivity index (χ1v) is 5.77. The van der Waals surface area contributed by atoms with Gasteiger partial charge in [-0.2, -0.15) is 4.57 Å². The van der Waals surface area contributed by atoms with Crippen molar-refractivity contribution in [1.82, 2.24) is 0 Å². The molecule has 0 aliphatic carbocycles. The highest BCUT2D eigenvalue weighted by atomic mass is 79.9. The van der Waals surface area contributed by atoms with Gasteiger partial charge < -0.3 is 12.4 Å². The fourth-order valence-corrected chi connectivity index (χ4v) is 2.53. The molecule has 0 amide bonds.